The normalized spacial score (nSPS) is 17.7. The summed E-state index contributed by atoms with van der Waals surface area (Å²) < 4.78 is 0.733. The summed E-state index contributed by atoms with van der Waals surface area (Å²) in [7, 11) is 2.15. The first-order valence-corrected chi connectivity index (χ1v) is 8.01. The molecular formula is C15H23BrN4O. The van der Waals surface area contributed by atoms with Gasteiger partial charge in [0.1, 0.15) is 4.60 Å². The predicted octanol–water partition coefficient (Wildman–Crippen LogP) is 1.60. The van der Waals surface area contributed by atoms with Crippen molar-refractivity contribution in [3.63, 3.8) is 0 Å². The van der Waals surface area contributed by atoms with Crippen LogP contribution in [0.2, 0.25) is 0 Å². The molecule has 0 saturated carbocycles. The van der Waals surface area contributed by atoms with Crippen molar-refractivity contribution in [3.05, 3.63) is 28.5 Å². The highest BCUT2D eigenvalue weighted by Crippen LogP contribution is 2.16. The second kappa shape index (κ2) is 6.85. The molecule has 5 nitrogen and oxygen atoms in total. The van der Waals surface area contributed by atoms with E-state index in [0.717, 1.165) is 30.8 Å². The van der Waals surface area contributed by atoms with Crippen LogP contribution in [0.1, 0.15) is 24.2 Å². The maximum absolute atomic E-state index is 12.1. The second-order valence-corrected chi connectivity index (χ2v) is 6.97. The monoisotopic (exact) mass is 354 g/mol. The lowest BCUT2D eigenvalue weighted by atomic mass is 10.0. The summed E-state index contributed by atoms with van der Waals surface area (Å²) in [6.07, 6.45) is 1.59. The van der Waals surface area contributed by atoms with Crippen molar-refractivity contribution in [2.75, 3.05) is 39.8 Å². The summed E-state index contributed by atoms with van der Waals surface area (Å²) in [5.74, 6) is -0.0720. The number of pyridine rings is 1. The van der Waals surface area contributed by atoms with Crippen molar-refractivity contribution >= 4 is 21.8 Å². The van der Waals surface area contributed by atoms with Crippen LogP contribution in [-0.4, -0.2) is 66.0 Å². The summed E-state index contributed by atoms with van der Waals surface area (Å²) in [6.45, 7) is 9.23. The van der Waals surface area contributed by atoms with Crippen LogP contribution < -0.4 is 5.32 Å². The zero-order valence-corrected chi connectivity index (χ0v) is 14.5. The van der Waals surface area contributed by atoms with E-state index in [1.54, 1.807) is 18.3 Å². The van der Waals surface area contributed by atoms with Crippen molar-refractivity contribution < 1.29 is 4.79 Å². The van der Waals surface area contributed by atoms with Gasteiger partial charge in [0.2, 0.25) is 0 Å². The number of nitrogens with one attached hydrogen (secondary N) is 1. The number of hydrogen-bond acceptors (Lipinski definition) is 4. The molecule has 0 bridgehead atoms. The van der Waals surface area contributed by atoms with E-state index in [4.69, 9.17) is 0 Å². The van der Waals surface area contributed by atoms with E-state index in [9.17, 15) is 4.79 Å². The number of hydrogen-bond donors (Lipinski definition) is 1. The molecule has 1 aliphatic rings. The van der Waals surface area contributed by atoms with Gasteiger partial charge >= 0.3 is 0 Å². The topological polar surface area (TPSA) is 48.5 Å². The first-order valence-electron chi connectivity index (χ1n) is 7.22. The van der Waals surface area contributed by atoms with Crippen molar-refractivity contribution in [2.45, 2.75) is 19.4 Å². The summed E-state index contributed by atoms with van der Waals surface area (Å²) in [4.78, 5) is 21.0. The smallest absolute Gasteiger partial charge is 0.252 e. The van der Waals surface area contributed by atoms with Crippen molar-refractivity contribution in [1.82, 2.24) is 20.1 Å². The minimum absolute atomic E-state index is 0.0420. The van der Waals surface area contributed by atoms with E-state index >= 15 is 0 Å². The van der Waals surface area contributed by atoms with E-state index in [1.807, 2.05) is 0 Å². The molecule has 1 aliphatic heterocycles. The summed E-state index contributed by atoms with van der Waals surface area (Å²) >= 11 is 3.27. The van der Waals surface area contributed by atoms with E-state index < -0.39 is 0 Å². The molecule has 6 heteroatoms. The van der Waals surface area contributed by atoms with Crippen molar-refractivity contribution in [1.29, 1.82) is 0 Å². The summed E-state index contributed by atoms with van der Waals surface area (Å²) in [5.41, 5.74) is 0.548. The van der Waals surface area contributed by atoms with Crippen LogP contribution in [0, 0.1) is 0 Å². The number of aromatic nitrogens is 1. The SMILES string of the molecule is CN1CCN(C(C)(C)CNC(=O)c2ccc(Br)nc2)CC1. The molecule has 1 aromatic rings. The van der Waals surface area contributed by atoms with Gasteiger partial charge in [-0.2, -0.15) is 0 Å². The highest BCUT2D eigenvalue weighted by atomic mass is 79.9. The van der Waals surface area contributed by atoms with E-state index in [0.29, 0.717) is 12.1 Å². The highest BCUT2D eigenvalue weighted by Gasteiger charge is 2.29. The minimum atomic E-state index is -0.0720. The Morgan fingerprint density at radius 1 is 1.33 bits per heavy atom. The molecule has 0 atom stereocenters. The lowest BCUT2D eigenvalue weighted by Gasteiger charge is -2.43. The number of amides is 1. The van der Waals surface area contributed by atoms with Crippen molar-refractivity contribution in [2.24, 2.45) is 0 Å². The average molecular weight is 355 g/mol. The van der Waals surface area contributed by atoms with Crippen LogP contribution in [-0.2, 0) is 0 Å². The zero-order valence-electron chi connectivity index (χ0n) is 12.9. The zero-order chi connectivity index (χ0) is 15.5. The molecule has 2 rings (SSSR count). The lowest BCUT2D eigenvalue weighted by Crippen LogP contribution is -2.57. The summed E-state index contributed by atoms with van der Waals surface area (Å²) in [6, 6.07) is 3.55. The van der Waals surface area contributed by atoms with Crippen LogP contribution in [0.3, 0.4) is 0 Å². The lowest BCUT2D eigenvalue weighted by molar-refractivity contribution is 0.0588. The molecule has 1 amide bonds. The Bertz CT molecular complexity index is 481. The molecule has 1 fully saturated rings. The maximum atomic E-state index is 12.1. The quantitative estimate of drug-likeness (QED) is 0.834. The maximum Gasteiger partial charge on any atom is 0.252 e. The van der Waals surface area contributed by atoms with Gasteiger partial charge < -0.3 is 10.2 Å². The Kier molecular flexibility index (Phi) is 5.35. The van der Waals surface area contributed by atoms with Gasteiger partial charge in [-0.1, -0.05) is 0 Å². The molecule has 0 aliphatic carbocycles. The predicted molar refractivity (Wildman–Crippen MR) is 87.4 cm³/mol. The Morgan fingerprint density at radius 3 is 2.57 bits per heavy atom. The van der Waals surface area contributed by atoms with Crippen LogP contribution in [0.25, 0.3) is 0 Å². The number of piperazine rings is 1. The second-order valence-electron chi connectivity index (χ2n) is 6.16. The first kappa shape index (κ1) is 16.4. The first-order chi connectivity index (χ1) is 9.88. The van der Waals surface area contributed by atoms with Gasteiger partial charge in [0.15, 0.2) is 0 Å². The number of nitrogens with zero attached hydrogens (tertiary/aromatic N) is 3. The molecule has 1 saturated heterocycles. The number of carbonyl (C=O) groups is 1. The fourth-order valence-electron chi connectivity index (χ4n) is 2.43. The van der Waals surface area contributed by atoms with Crippen LogP contribution in [0.5, 0.6) is 0 Å². The number of likely N-dealkylation sites (N-methyl/N-ethyl adjacent to an activating group) is 1. The van der Waals surface area contributed by atoms with Gasteiger partial charge in [-0.25, -0.2) is 4.98 Å². The third kappa shape index (κ3) is 4.49. The Morgan fingerprint density at radius 2 is 2.00 bits per heavy atom. The largest absolute Gasteiger partial charge is 0.350 e. The van der Waals surface area contributed by atoms with Gasteiger partial charge in [-0.15, -0.1) is 0 Å². The van der Waals surface area contributed by atoms with Crippen LogP contribution in [0.15, 0.2) is 22.9 Å². The van der Waals surface area contributed by atoms with Crippen LogP contribution in [0.4, 0.5) is 0 Å². The molecule has 1 N–H and O–H groups in total. The minimum Gasteiger partial charge on any atom is -0.350 e. The molecule has 0 aromatic carbocycles. The van der Waals surface area contributed by atoms with Gasteiger partial charge in [-0.3, -0.25) is 9.69 Å². The molecule has 0 unspecified atom stereocenters. The van der Waals surface area contributed by atoms with Gasteiger partial charge in [0.05, 0.1) is 5.56 Å². The average Bonchev–Trinajstić information content (AvgIpc) is 2.46. The van der Waals surface area contributed by atoms with E-state index in [-0.39, 0.29) is 11.4 Å². The van der Waals surface area contributed by atoms with E-state index in [1.165, 1.54) is 0 Å². The summed E-state index contributed by atoms with van der Waals surface area (Å²) in [5, 5.41) is 3.02. The molecule has 116 valence electrons. The third-order valence-corrected chi connectivity index (χ3v) is 4.50. The third-order valence-electron chi connectivity index (χ3n) is 4.03. The molecule has 1 aromatic heterocycles. The Labute approximate surface area is 134 Å². The molecular weight excluding hydrogens is 332 g/mol. The standard InChI is InChI=1S/C15H23BrN4O/c1-15(2,20-8-6-19(3)7-9-20)11-18-14(21)12-4-5-13(16)17-10-12/h4-5,10H,6-9,11H2,1-3H3,(H,18,21). The molecule has 21 heavy (non-hydrogen) atoms. The number of halogens is 1. The Hall–Kier alpha value is -0.980. The number of carbonyl (C=O) groups excluding carboxylic acids is 1. The highest BCUT2D eigenvalue weighted by molar-refractivity contribution is 9.10. The number of rotatable bonds is 4. The fraction of sp³-hybridized carbons (Fsp3) is 0.600. The molecule has 0 radical (unpaired) electrons. The van der Waals surface area contributed by atoms with Gasteiger partial charge in [0, 0.05) is 44.5 Å². The molecule has 0 spiro atoms. The fourth-order valence-corrected chi connectivity index (χ4v) is 2.67. The van der Waals surface area contributed by atoms with E-state index in [2.05, 4.69) is 56.9 Å². The molecule has 2 heterocycles. The van der Waals surface area contributed by atoms with Crippen molar-refractivity contribution in [3.8, 4) is 0 Å². The van der Waals surface area contributed by atoms with Gasteiger partial charge in [-0.05, 0) is 49.0 Å². The Balaban J connectivity index is 1.88. The van der Waals surface area contributed by atoms with Crippen LogP contribution >= 0.6 is 15.9 Å². The van der Waals surface area contributed by atoms with Gasteiger partial charge in [0.25, 0.3) is 5.91 Å².